The van der Waals surface area contributed by atoms with Crippen molar-refractivity contribution in [3.63, 3.8) is 0 Å². The lowest BCUT2D eigenvalue weighted by Crippen LogP contribution is -2.42. The molecule has 0 saturated carbocycles. The van der Waals surface area contributed by atoms with Crippen molar-refractivity contribution in [3.8, 4) is 6.01 Å². The van der Waals surface area contributed by atoms with Crippen molar-refractivity contribution in [1.29, 1.82) is 0 Å². The highest BCUT2D eigenvalue weighted by atomic mass is 16.5. The van der Waals surface area contributed by atoms with Crippen LogP contribution in [0.2, 0.25) is 0 Å². The Bertz CT molecular complexity index is 934. The zero-order chi connectivity index (χ0) is 21.8. The Morgan fingerprint density at radius 2 is 2.10 bits per heavy atom. The highest BCUT2D eigenvalue weighted by molar-refractivity contribution is 6.15. The summed E-state index contributed by atoms with van der Waals surface area (Å²) in [5.41, 5.74) is 9.04. The molecule has 0 bridgehead atoms. The summed E-state index contributed by atoms with van der Waals surface area (Å²) in [4.78, 5) is 25.7. The molecule has 1 saturated heterocycles. The number of aromatic nitrogens is 2. The molecule has 1 aromatic heterocycles. The van der Waals surface area contributed by atoms with E-state index in [0.29, 0.717) is 18.1 Å². The summed E-state index contributed by atoms with van der Waals surface area (Å²) in [7, 11) is 2.09. The summed E-state index contributed by atoms with van der Waals surface area (Å²) in [6, 6.07) is 8.85. The normalized spacial score (nSPS) is 17.3. The molecule has 2 aliphatic rings. The van der Waals surface area contributed by atoms with Gasteiger partial charge in [0.1, 0.15) is 13.5 Å². The predicted molar refractivity (Wildman–Crippen MR) is 125 cm³/mol. The van der Waals surface area contributed by atoms with Crippen molar-refractivity contribution in [2.45, 2.75) is 45.1 Å². The number of nitrogens with two attached hydrogens (primary N) is 1. The molecule has 4 rings (SSSR count). The molecule has 2 aromatic rings. The highest BCUT2D eigenvalue weighted by Gasteiger charge is 2.31. The molecule has 9 heteroatoms. The molecule has 1 aromatic carbocycles. The number of carbonyl (C=O) groups excluding carboxylic acids is 1. The van der Waals surface area contributed by atoms with E-state index in [4.69, 9.17) is 10.5 Å². The zero-order valence-electron chi connectivity index (χ0n) is 18.4. The highest BCUT2D eigenvalue weighted by Crippen LogP contribution is 2.37. The van der Waals surface area contributed by atoms with E-state index in [0.717, 1.165) is 38.0 Å². The van der Waals surface area contributed by atoms with Gasteiger partial charge in [-0.15, -0.1) is 0 Å². The first-order valence-electron chi connectivity index (χ1n) is 11.2. The SMILES string of the molecule is BC(c1cccc(CN2CCCC2)c1)N1CC(=O)Nc2c(N)nc(OCCCC)nc21. The molecule has 1 unspecified atom stereocenters. The van der Waals surface area contributed by atoms with E-state index in [-0.39, 0.29) is 30.2 Å². The summed E-state index contributed by atoms with van der Waals surface area (Å²) >= 11 is 0. The Morgan fingerprint density at radius 1 is 1.29 bits per heavy atom. The maximum absolute atomic E-state index is 12.4. The van der Waals surface area contributed by atoms with Crippen LogP contribution in [0.1, 0.15) is 49.7 Å². The van der Waals surface area contributed by atoms with Gasteiger partial charge in [-0.25, -0.2) is 0 Å². The molecule has 0 radical (unpaired) electrons. The Balaban J connectivity index is 1.60. The van der Waals surface area contributed by atoms with Gasteiger partial charge in [-0.05, 0) is 43.5 Å². The monoisotopic (exact) mass is 422 g/mol. The number of anilines is 3. The zero-order valence-corrected chi connectivity index (χ0v) is 18.4. The third-order valence-electron chi connectivity index (χ3n) is 5.98. The molecule has 0 aliphatic carbocycles. The number of unbranched alkanes of at least 4 members (excludes halogenated alkanes) is 1. The number of fused-ring (bicyclic) bond motifs is 1. The van der Waals surface area contributed by atoms with Gasteiger partial charge < -0.3 is 20.7 Å². The Kier molecular flexibility index (Phi) is 6.60. The van der Waals surface area contributed by atoms with E-state index >= 15 is 0 Å². The predicted octanol–water partition coefficient (Wildman–Crippen LogP) is 1.92. The molecule has 1 amide bonds. The van der Waals surface area contributed by atoms with E-state index in [2.05, 4.69) is 59.2 Å². The lowest BCUT2D eigenvalue weighted by Gasteiger charge is -2.35. The largest absolute Gasteiger partial charge is 0.463 e. The van der Waals surface area contributed by atoms with Crippen molar-refractivity contribution in [3.05, 3.63) is 35.4 Å². The summed E-state index contributed by atoms with van der Waals surface area (Å²) in [5.74, 6) is 0.657. The van der Waals surface area contributed by atoms with E-state index in [1.165, 1.54) is 18.4 Å². The van der Waals surface area contributed by atoms with Crippen LogP contribution >= 0.6 is 0 Å². The van der Waals surface area contributed by atoms with Crippen LogP contribution in [0.5, 0.6) is 6.01 Å². The van der Waals surface area contributed by atoms with Crippen molar-refractivity contribution in [2.75, 3.05) is 42.2 Å². The molecule has 8 nitrogen and oxygen atoms in total. The fourth-order valence-electron chi connectivity index (χ4n) is 4.20. The molecule has 1 fully saturated rings. The first-order chi connectivity index (χ1) is 15.0. The van der Waals surface area contributed by atoms with E-state index in [1.54, 1.807) is 0 Å². The number of nitrogen functional groups attached to an aromatic ring is 1. The van der Waals surface area contributed by atoms with Crippen LogP contribution in [0.3, 0.4) is 0 Å². The molecule has 0 spiro atoms. The van der Waals surface area contributed by atoms with Gasteiger partial charge in [0.05, 0.1) is 13.2 Å². The maximum Gasteiger partial charge on any atom is 0.320 e. The molecular formula is C22H31BN6O2. The number of hydrogen-bond donors (Lipinski definition) is 2. The Labute approximate surface area is 184 Å². The minimum absolute atomic E-state index is 0.0545. The van der Waals surface area contributed by atoms with Gasteiger partial charge in [0.2, 0.25) is 5.91 Å². The molecular weight excluding hydrogens is 391 g/mol. The van der Waals surface area contributed by atoms with Gasteiger partial charge in [0.25, 0.3) is 0 Å². The van der Waals surface area contributed by atoms with Crippen LogP contribution in [-0.2, 0) is 11.3 Å². The topological polar surface area (TPSA) is 96.6 Å². The molecule has 164 valence electrons. The number of likely N-dealkylation sites (tertiary alicyclic amines) is 1. The van der Waals surface area contributed by atoms with Crippen LogP contribution in [0.25, 0.3) is 0 Å². The van der Waals surface area contributed by atoms with Crippen molar-refractivity contribution < 1.29 is 9.53 Å². The Hall–Kier alpha value is -2.81. The smallest absolute Gasteiger partial charge is 0.320 e. The van der Waals surface area contributed by atoms with Crippen LogP contribution in [0, 0.1) is 0 Å². The summed E-state index contributed by atoms with van der Waals surface area (Å²) in [6.07, 6.45) is 4.49. The second-order valence-corrected chi connectivity index (χ2v) is 8.37. The number of carbonyl (C=O) groups is 1. The number of nitrogens with one attached hydrogen (secondary N) is 1. The van der Waals surface area contributed by atoms with Gasteiger partial charge in [0.15, 0.2) is 11.6 Å². The number of ether oxygens (including phenoxy) is 1. The summed E-state index contributed by atoms with van der Waals surface area (Å²) < 4.78 is 5.70. The number of hydrogen-bond acceptors (Lipinski definition) is 7. The van der Waals surface area contributed by atoms with Gasteiger partial charge in [-0.3, -0.25) is 9.69 Å². The minimum Gasteiger partial charge on any atom is -0.463 e. The van der Waals surface area contributed by atoms with Gasteiger partial charge in [-0.2, -0.15) is 9.97 Å². The quantitative estimate of drug-likeness (QED) is 0.496. The summed E-state index contributed by atoms with van der Waals surface area (Å²) in [6.45, 7) is 6.13. The van der Waals surface area contributed by atoms with Gasteiger partial charge in [0, 0.05) is 12.5 Å². The minimum atomic E-state index is -0.123. The van der Waals surface area contributed by atoms with E-state index in [1.807, 2.05) is 4.90 Å². The van der Waals surface area contributed by atoms with Crippen molar-refractivity contribution in [1.82, 2.24) is 14.9 Å². The second-order valence-electron chi connectivity index (χ2n) is 8.37. The maximum atomic E-state index is 12.4. The lowest BCUT2D eigenvalue weighted by molar-refractivity contribution is -0.115. The van der Waals surface area contributed by atoms with Crippen LogP contribution < -0.4 is 20.7 Å². The fourth-order valence-corrected chi connectivity index (χ4v) is 4.20. The molecule has 2 aliphatic heterocycles. The standard InChI is InChI=1S/C22H31BN6O2/c1-2-3-11-31-22-26-20(24)18-21(27-22)29(14-17(30)25-18)19(23)16-8-6-7-15(12-16)13-28-9-4-5-10-28/h6-8,12,19H,2-5,9-11,13-14,23H2,1H3,(H,25,30)(H2,24,26,27). The van der Waals surface area contributed by atoms with Crippen molar-refractivity contribution >= 4 is 31.1 Å². The lowest BCUT2D eigenvalue weighted by atomic mass is 9.86. The van der Waals surface area contributed by atoms with Gasteiger partial charge >= 0.3 is 6.01 Å². The van der Waals surface area contributed by atoms with Crippen LogP contribution in [0.15, 0.2) is 24.3 Å². The Morgan fingerprint density at radius 3 is 2.87 bits per heavy atom. The number of rotatable bonds is 8. The number of amides is 1. The molecule has 31 heavy (non-hydrogen) atoms. The first-order valence-corrected chi connectivity index (χ1v) is 11.2. The van der Waals surface area contributed by atoms with E-state index < -0.39 is 0 Å². The third kappa shape index (κ3) is 4.93. The molecule has 1 atom stereocenters. The van der Waals surface area contributed by atoms with Gasteiger partial charge in [-0.1, -0.05) is 37.6 Å². The number of nitrogens with zero attached hydrogens (tertiary/aromatic N) is 4. The second kappa shape index (κ2) is 9.55. The third-order valence-corrected chi connectivity index (χ3v) is 5.98. The molecule has 3 heterocycles. The summed E-state index contributed by atoms with van der Waals surface area (Å²) in [5, 5.41) is 2.83. The first kappa shape index (κ1) is 21.4. The van der Waals surface area contributed by atoms with E-state index in [9.17, 15) is 4.79 Å². The van der Waals surface area contributed by atoms with Crippen LogP contribution in [0.4, 0.5) is 17.3 Å². The van der Waals surface area contributed by atoms with Crippen LogP contribution in [-0.4, -0.2) is 54.9 Å². The average molecular weight is 422 g/mol. The molecule has 3 N–H and O–H groups in total. The average Bonchev–Trinajstić information content (AvgIpc) is 3.27. The van der Waals surface area contributed by atoms with Crippen molar-refractivity contribution in [2.24, 2.45) is 0 Å². The fraction of sp³-hybridized carbons (Fsp3) is 0.500. The number of benzene rings is 1.